The molecule has 154 valence electrons. The zero-order valence-corrected chi connectivity index (χ0v) is 19.8. The Hall–Kier alpha value is -0.420. The Kier molecular flexibility index (Phi) is 12.7. The highest BCUT2D eigenvalue weighted by molar-refractivity contribution is 14.0. The van der Waals surface area contributed by atoms with Crippen molar-refractivity contribution in [1.82, 2.24) is 16.0 Å². The minimum atomic E-state index is -0.467. The summed E-state index contributed by atoms with van der Waals surface area (Å²) in [5, 5.41) is 9.44. The van der Waals surface area contributed by atoms with Crippen LogP contribution in [-0.4, -0.2) is 68.6 Å². The van der Waals surface area contributed by atoms with Crippen molar-refractivity contribution in [3.05, 3.63) is 0 Å². The predicted molar refractivity (Wildman–Crippen MR) is 120 cm³/mol. The van der Waals surface area contributed by atoms with Crippen LogP contribution in [0.3, 0.4) is 0 Å². The monoisotopic (exact) mass is 502 g/mol. The van der Waals surface area contributed by atoms with Crippen LogP contribution in [-0.2, 0) is 9.47 Å². The maximum Gasteiger partial charge on any atom is 0.407 e. The first-order valence-electron chi connectivity index (χ1n) is 8.84. The number of nitrogens with zero attached hydrogens (tertiary/aromatic N) is 1. The fourth-order valence-electron chi connectivity index (χ4n) is 2.46. The fourth-order valence-corrected chi connectivity index (χ4v) is 3.25. The van der Waals surface area contributed by atoms with Crippen LogP contribution in [0.25, 0.3) is 0 Å². The lowest BCUT2D eigenvalue weighted by molar-refractivity contribution is 0.0527. The molecule has 0 aromatic heterocycles. The van der Waals surface area contributed by atoms with Crippen LogP contribution in [0.15, 0.2) is 4.99 Å². The molecule has 0 radical (unpaired) electrons. The maximum absolute atomic E-state index is 11.6. The van der Waals surface area contributed by atoms with Crippen molar-refractivity contribution < 1.29 is 14.3 Å². The summed E-state index contributed by atoms with van der Waals surface area (Å²) in [6.45, 7) is 9.36. The van der Waals surface area contributed by atoms with Gasteiger partial charge in [0.1, 0.15) is 5.60 Å². The van der Waals surface area contributed by atoms with E-state index in [0.717, 1.165) is 51.5 Å². The predicted octanol–water partition coefficient (Wildman–Crippen LogP) is 2.60. The molecule has 0 spiro atoms. The molecule has 3 N–H and O–H groups in total. The fraction of sp³-hybridized carbons (Fsp3) is 0.882. The second-order valence-electron chi connectivity index (χ2n) is 7.13. The molecule has 0 aliphatic carbocycles. The number of halogens is 1. The molecular formula is C17H35IN4O3S. The minimum absolute atomic E-state index is 0. The third kappa shape index (κ3) is 10.7. The number of carbonyl (C=O) groups excluding carboxylic acids is 1. The van der Waals surface area contributed by atoms with Crippen molar-refractivity contribution in [1.29, 1.82) is 0 Å². The Morgan fingerprint density at radius 3 is 2.35 bits per heavy atom. The van der Waals surface area contributed by atoms with Gasteiger partial charge >= 0.3 is 6.09 Å². The lowest BCUT2D eigenvalue weighted by Gasteiger charge is -2.36. The van der Waals surface area contributed by atoms with Crippen LogP contribution in [0.1, 0.15) is 40.0 Å². The number of carbonyl (C=O) groups is 1. The highest BCUT2D eigenvalue weighted by atomic mass is 127. The van der Waals surface area contributed by atoms with E-state index in [2.05, 4.69) is 27.2 Å². The number of hydrogen-bond acceptors (Lipinski definition) is 5. The van der Waals surface area contributed by atoms with Gasteiger partial charge < -0.3 is 25.4 Å². The van der Waals surface area contributed by atoms with Gasteiger partial charge in [0.25, 0.3) is 0 Å². The average Bonchev–Trinajstić information content (AvgIpc) is 2.56. The van der Waals surface area contributed by atoms with E-state index in [9.17, 15) is 4.79 Å². The van der Waals surface area contributed by atoms with Gasteiger partial charge in [0.2, 0.25) is 0 Å². The van der Waals surface area contributed by atoms with Crippen molar-refractivity contribution >= 4 is 47.8 Å². The number of hydrogen-bond donors (Lipinski definition) is 3. The number of thioether (sulfide) groups is 1. The first-order chi connectivity index (χ1) is 11.8. The van der Waals surface area contributed by atoms with Gasteiger partial charge in [0.05, 0.1) is 0 Å². The van der Waals surface area contributed by atoms with Gasteiger partial charge in [0, 0.05) is 44.6 Å². The third-order valence-electron chi connectivity index (χ3n) is 3.95. The normalized spacial score (nSPS) is 17.0. The van der Waals surface area contributed by atoms with Gasteiger partial charge in [-0.2, -0.15) is 11.8 Å². The van der Waals surface area contributed by atoms with Crippen LogP contribution >= 0.6 is 35.7 Å². The van der Waals surface area contributed by atoms with Crippen molar-refractivity contribution in [2.24, 2.45) is 4.99 Å². The highest BCUT2D eigenvalue weighted by Crippen LogP contribution is 2.32. The van der Waals surface area contributed by atoms with E-state index < -0.39 is 5.60 Å². The average molecular weight is 502 g/mol. The molecule has 1 rings (SSSR count). The first-order valence-corrected chi connectivity index (χ1v) is 10.1. The molecule has 0 atom stereocenters. The van der Waals surface area contributed by atoms with Crippen molar-refractivity contribution in [3.63, 3.8) is 0 Å². The topological polar surface area (TPSA) is 84.0 Å². The third-order valence-corrected chi connectivity index (χ3v) is 5.37. The standard InChI is InChI=1S/C17H34N4O3S.HI/c1-16(2,3)24-15(22)20-10-6-9-19-14(18-4)21-13-17(25-5)7-11-23-12-8-17;/h6-13H2,1-5H3,(H,20,22)(H2,18,19,21);1H. The van der Waals surface area contributed by atoms with Gasteiger partial charge in [0.15, 0.2) is 5.96 Å². The Morgan fingerprint density at radius 2 is 1.81 bits per heavy atom. The quantitative estimate of drug-likeness (QED) is 0.215. The molecule has 1 amide bonds. The second kappa shape index (κ2) is 12.9. The molecule has 9 heteroatoms. The molecule has 1 aliphatic rings. The van der Waals surface area contributed by atoms with Crippen LogP contribution < -0.4 is 16.0 Å². The maximum atomic E-state index is 11.6. The number of nitrogens with one attached hydrogen (secondary N) is 3. The molecule has 0 aromatic rings. The summed E-state index contributed by atoms with van der Waals surface area (Å²) in [5.74, 6) is 0.789. The Morgan fingerprint density at radius 1 is 1.19 bits per heavy atom. The summed E-state index contributed by atoms with van der Waals surface area (Å²) in [5.41, 5.74) is -0.467. The van der Waals surface area contributed by atoms with Crippen molar-refractivity contribution in [2.75, 3.05) is 46.2 Å². The summed E-state index contributed by atoms with van der Waals surface area (Å²) in [4.78, 5) is 15.8. The lowest BCUT2D eigenvalue weighted by atomic mass is 9.99. The van der Waals surface area contributed by atoms with Crippen molar-refractivity contribution in [3.8, 4) is 0 Å². The molecule has 0 saturated carbocycles. The second-order valence-corrected chi connectivity index (χ2v) is 8.41. The van der Waals surface area contributed by atoms with E-state index in [1.165, 1.54) is 0 Å². The smallest absolute Gasteiger partial charge is 0.407 e. The van der Waals surface area contributed by atoms with Gasteiger partial charge in [-0.25, -0.2) is 4.79 Å². The number of aliphatic imine (C=N–C) groups is 1. The number of guanidine groups is 1. The van der Waals surface area contributed by atoms with Crippen LogP contribution in [0.4, 0.5) is 4.79 Å². The Balaban J connectivity index is 0.00000625. The SMILES string of the molecule is CN=C(NCCCNC(=O)OC(C)(C)C)NCC1(SC)CCOCC1.I. The molecule has 26 heavy (non-hydrogen) atoms. The van der Waals surface area contributed by atoms with E-state index in [0.29, 0.717) is 6.54 Å². The number of amides is 1. The molecular weight excluding hydrogens is 467 g/mol. The van der Waals surface area contributed by atoms with Crippen LogP contribution in [0.2, 0.25) is 0 Å². The summed E-state index contributed by atoms with van der Waals surface area (Å²) in [6.07, 6.45) is 4.68. The molecule has 0 unspecified atom stereocenters. The largest absolute Gasteiger partial charge is 0.444 e. The molecule has 1 heterocycles. The van der Waals surface area contributed by atoms with Gasteiger partial charge in [-0.3, -0.25) is 4.99 Å². The zero-order chi connectivity index (χ0) is 18.8. The van der Waals surface area contributed by atoms with Crippen molar-refractivity contribution in [2.45, 2.75) is 50.4 Å². The molecule has 0 bridgehead atoms. The molecule has 7 nitrogen and oxygen atoms in total. The van der Waals surface area contributed by atoms with Crippen LogP contribution in [0, 0.1) is 0 Å². The van der Waals surface area contributed by atoms with E-state index in [-0.39, 0.29) is 34.8 Å². The van der Waals surface area contributed by atoms with Gasteiger partial charge in [-0.15, -0.1) is 24.0 Å². The van der Waals surface area contributed by atoms with E-state index >= 15 is 0 Å². The summed E-state index contributed by atoms with van der Waals surface area (Å²) in [7, 11) is 1.77. The Bertz CT molecular complexity index is 438. The summed E-state index contributed by atoms with van der Waals surface area (Å²) in [6, 6.07) is 0. The van der Waals surface area contributed by atoms with E-state index in [1.54, 1.807) is 7.05 Å². The van der Waals surface area contributed by atoms with Gasteiger partial charge in [-0.1, -0.05) is 0 Å². The lowest BCUT2D eigenvalue weighted by Crippen LogP contribution is -2.48. The summed E-state index contributed by atoms with van der Waals surface area (Å²) < 4.78 is 10.9. The number of rotatable bonds is 7. The highest BCUT2D eigenvalue weighted by Gasteiger charge is 2.31. The number of ether oxygens (including phenoxy) is 2. The van der Waals surface area contributed by atoms with E-state index in [1.807, 2.05) is 32.5 Å². The minimum Gasteiger partial charge on any atom is -0.444 e. The van der Waals surface area contributed by atoms with Crippen LogP contribution in [0.5, 0.6) is 0 Å². The Labute approximate surface area is 179 Å². The zero-order valence-electron chi connectivity index (χ0n) is 16.6. The van der Waals surface area contributed by atoms with E-state index in [4.69, 9.17) is 9.47 Å². The van der Waals surface area contributed by atoms with Gasteiger partial charge in [-0.05, 0) is 46.3 Å². The molecule has 0 aromatic carbocycles. The summed E-state index contributed by atoms with van der Waals surface area (Å²) >= 11 is 1.90. The molecule has 1 fully saturated rings. The number of alkyl carbamates (subject to hydrolysis) is 1. The molecule has 1 saturated heterocycles. The first kappa shape index (κ1) is 25.6. The molecule has 1 aliphatic heterocycles.